The number of hydrogen-bond acceptors (Lipinski definition) is 4. The molecule has 0 aliphatic carbocycles. The van der Waals surface area contributed by atoms with Gasteiger partial charge in [-0.1, -0.05) is 18.2 Å². The lowest BCUT2D eigenvalue weighted by atomic mass is 10.0. The summed E-state index contributed by atoms with van der Waals surface area (Å²) in [5.74, 6) is -0.694. The molecule has 1 aromatic heterocycles. The van der Waals surface area contributed by atoms with Crippen molar-refractivity contribution in [3.05, 3.63) is 48.3 Å². The molecule has 2 heterocycles. The average molecular weight is 396 g/mol. The third-order valence-corrected chi connectivity index (χ3v) is 4.71. The van der Waals surface area contributed by atoms with Gasteiger partial charge in [0.1, 0.15) is 0 Å². The molecule has 1 aliphatic heterocycles. The minimum atomic E-state index is -4.37. The van der Waals surface area contributed by atoms with Gasteiger partial charge < -0.3 is 10.4 Å². The standard InChI is InChI=1S/C19H23F3N4O2/c20-19(21,22)8-6-18(28)24-16-13-25(9-7-17(16)27)11-14-10-23-26(12-14)15-4-2-1-3-5-15/h1-5,10,12,16-17,27H,6-9,11,13H2,(H,24,28)/t16-,17-/m1/s1. The number of rotatable bonds is 6. The summed E-state index contributed by atoms with van der Waals surface area (Å²) in [5.41, 5.74) is 1.92. The summed E-state index contributed by atoms with van der Waals surface area (Å²) in [6.07, 6.45) is -2.81. The van der Waals surface area contributed by atoms with Crippen molar-refractivity contribution < 1.29 is 23.1 Å². The Morgan fingerprint density at radius 2 is 2.04 bits per heavy atom. The molecule has 3 rings (SSSR count). The van der Waals surface area contributed by atoms with E-state index in [0.717, 1.165) is 11.3 Å². The number of aliphatic hydroxyl groups excluding tert-OH is 1. The van der Waals surface area contributed by atoms with Crippen LogP contribution >= 0.6 is 0 Å². The molecule has 1 fully saturated rings. The molecule has 1 amide bonds. The lowest BCUT2D eigenvalue weighted by molar-refractivity contribution is -0.145. The summed E-state index contributed by atoms with van der Waals surface area (Å²) < 4.78 is 38.5. The Bertz CT molecular complexity index is 779. The molecule has 0 spiro atoms. The Kier molecular flexibility index (Phi) is 6.35. The van der Waals surface area contributed by atoms with Crippen molar-refractivity contribution in [2.45, 2.75) is 44.1 Å². The number of piperidine rings is 1. The van der Waals surface area contributed by atoms with Crippen LogP contribution in [0.5, 0.6) is 0 Å². The highest BCUT2D eigenvalue weighted by Gasteiger charge is 2.31. The first-order chi connectivity index (χ1) is 13.3. The Hall–Kier alpha value is -2.39. The van der Waals surface area contributed by atoms with Gasteiger partial charge in [0, 0.05) is 37.8 Å². The number of para-hydroxylation sites is 1. The van der Waals surface area contributed by atoms with Crippen molar-refractivity contribution in [3.63, 3.8) is 0 Å². The van der Waals surface area contributed by atoms with Crippen molar-refractivity contribution in [3.8, 4) is 5.69 Å². The van der Waals surface area contributed by atoms with E-state index in [1.165, 1.54) is 0 Å². The monoisotopic (exact) mass is 396 g/mol. The van der Waals surface area contributed by atoms with Crippen LogP contribution in [-0.2, 0) is 11.3 Å². The number of benzene rings is 1. The summed E-state index contributed by atoms with van der Waals surface area (Å²) in [6, 6.07) is 9.08. The average Bonchev–Trinajstić information content (AvgIpc) is 3.11. The third-order valence-electron chi connectivity index (χ3n) is 4.71. The third kappa shape index (κ3) is 5.80. The molecule has 1 saturated heterocycles. The van der Waals surface area contributed by atoms with E-state index < -0.39 is 37.1 Å². The van der Waals surface area contributed by atoms with Crippen LogP contribution in [0.25, 0.3) is 5.69 Å². The predicted octanol–water partition coefficient (Wildman–Crippen LogP) is 2.27. The molecular weight excluding hydrogens is 373 g/mol. The first-order valence-corrected chi connectivity index (χ1v) is 9.16. The number of amides is 1. The summed E-state index contributed by atoms with van der Waals surface area (Å²) in [4.78, 5) is 13.8. The molecule has 6 nitrogen and oxygen atoms in total. The number of alkyl halides is 3. The van der Waals surface area contributed by atoms with Gasteiger partial charge in [-0.3, -0.25) is 9.69 Å². The van der Waals surface area contributed by atoms with Crippen molar-refractivity contribution in [1.29, 1.82) is 0 Å². The zero-order valence-corrected chi connectivity index (χ0v) is 15.3. The van der Waals surface area contributed by atoms with E-state index >= 15 is 0 Å². The molecule has 2 N–H and O–H groups in total. The molecule has 152 valence electrons. The first kappa shape index (κ1) is 20.3. The Balaban J connectivity index is 1.54. The van der Waals surface area contributed by atoms with Gasteiger partial charge in [0.2, 0.25) is 5.91 Å². The molecule has 2 aromatic rings. The van der Waals surface area contributed by atoms with Crippen molar-refractivity contribution >= 4 is 5.91 Å². The molecule has 2 atom stereocenters. The van der Waals surface area contributed by atoms with Crippen LogP contribution in [0, 0.1) is 0 Å². The highest BCUT2D eigenvalue weighted by atomic mass is 19.4. The molecule has 28 heavy (non-hydrogen) atoms. The van der Waals surface area contributed by atoms with Crippen LogP contribution in [0.4, 0.5) is 13.2 Å². The van der Waals surface area contributed by atoms with Crippen molar-refractivity contribution in [2.75, 3.05) is 13.1 Å². The number of nitrogens with zero attached hydrogens (tertiary/aromatic N) is 3. The van der Waals surface area contributed by atoms with Crippen LogP contribution in [0.15, 0.2) is 42.7 Å². The largest absolute Gasteiger partial charge is 0.391 e. The van der Waals surface area contributed by atoms with Crippen molar-refractivity contribution in [2.24, 2.45) is 0 Å². The zero-order valence-electron chi connectivity index (χ0n) is 15.3. The zero-order chi connectivity index (χ0) is 20.1. The lowest BCUT2D eigenvalue weighted by Crippen LogP contribution is -2.54. The first-order valence-electron chi connectivity index (χ1n) is 9.16. The smallest absolute Gasteiger partial charge is 0.389 e. The Morgan fingerprint density at radius 1 is 1.29 bits per heavy atom. The van der Waals surface area contributed by atoms with E-state index in [-0.39, 0.29) is 0 Å². The van der Waals surface area contributed by atoms with Gasteiger partial charge >= 0.3 is 6.18 Å². The lowest BCUT2D eigenvalue weighted by Gasteiger charge is -2.36. The molecule has 0 saturated carbocycles. The van der Waals surface area contributed by atoms with E-state index in [1.54, 1.807) is 10.9 Å². The van der Waals surface area contributed by atoms with Gasteiger partial charge in [-0.2, -0.15) is 18.3 Å². The maximum atomic E-state index is 12.3. The number of halogens is 3. The van der Waals surface area contributed by atoms with Gasteiger partial charge in [0.15, 0.2) is 0 Å². The highest BCUT2D eigenvalue weighted by molar-refractivity contribution is 5.76. The van der Waals surface area contributed by atoms with E-state index in [9.17, 15) is 23.1 Å². The second kappa shape index (κ2) is 8.74. The normalized spacial score (nSPS) is 20.9. The van der Waals surface area contributed by atoms with Gasteiger partial charge in [-0.15, -0.1) is 0 Å². The quantitative estimate of drug-likeness (QED) is 0.786. The van der Waals surface area contributed by atoms with Gasteiger partial charge in [0.05, 0.1) is 30.5 Å². The van der Waals surface area contributed by atoms with Gasteiger partial charge in [-0.25, -0.2) is 4.68 Å². The maximum Gasteiger partial charge on any atom is 0.389 e. The number of carbonyl (C=O) groups excluding carboxylic acids is 1. The van der Waals surface area contributed by atoms with E-state index in [0.29, 0.717) is 26.1 Å². The van der Waals surface area contributed by atoms with Crippen LogP contribution in [-0.4, -0.2) is 57.1 Å². The number of hydrogen-bond donors (Lipinski definition) is 2. The summed E-state index contributed by atoms with van der Waals surface area (Å²) in [7, 11) is 0. The molecule has 0 unspecified atom stereocenters. The minimum absolute atomic E-state index is 0.370. The topological polar surface area (TPSA) is 70.4 Å². The fourth-order valence-corrected chi connectivity index (χ4v) is 3.25. The van der Waals surface area contributed by atoms with Crippen LogP contribution in [0.2, 0.25) is 0 Å². The molecule has 0 radical (unpaired) electrons. The summed E-state index contributed by atoms with van der Waals surface area (Å²) in [5, 5.41) is 17.0. The van der Waals surface area contributed by atoms with E-state index in [4.69, 9.17) is 0 Å². The van der Waals surface area contributed by atoms with E-state index in [1.807, 2.05) is 41.4 Å². The van der Waals surface area contributed by atoms with E-state index in [2.05, 4.69) is 10.4 Å². The highest BCUT2D eigenvalue weighted by Crippen LogP contribution is 2.21. The maximum absolute atomic E-state index is 12.3. The fraction of sp³-hybridized carbons (Fsp3) is 0.474. The SMILES string of the molecule is O=C(CCC(F)(F)F)N[C@@H]1CN(Cc2cnn(-c3ccccc3)c2)CC[C@H]1O. The second-order valence-electron chi connectivity index (χ2n) is 7.01. The van der Waals surface area contributed by atoms with Gasteiger partial charge in [0.25, 0.3) is 0 Å². The Morgan fingerprint density at radius 3 is 2.75 bits per heavy atom. The molecule has 9 heteroatoms. The number of carbonyl (C=O) groups is 1. The molecular formula is C19H23F3N4O2. The molecule has 0 bridgehead atoms. The summed E-state index contributed by atoms with van der Waals surface area (Å²) >= 11 is 0. The van der Waals surface area contributed by atoms with Gasteiger partial charge in [-0.05, 0) is 18.6 Å². The van der Waals surface area contributed by atoms with Crippen molar-refractivity contribution in [1.82, 2.24) is 20.0 Å². The number of likely N-dealkylation sites (tertiary alicyclic amines) is 1. The number of nitrogens with one attached hydrogen (secondary N) is 1. The minimum Gasteiger partial charge on any atom is -0.391 e. The Labute approximate surface area is 161 Å². The van der Waals surface area contributed by atoms with Crippen LogP contribution < -0.4 is 5.32 Å². The number of aromatic nitrogens is 2. The summed E-state index contributed by atoms with van der Waals surface area (Å²) in [6.45, 7) is 1.58. The predicted molar refractivity (Wildman–Crippen MR) is 96.7 cm³/mol. The number of aliphatic hydroxyl groups is 1. The van der Waals surface area contributed by atoms with Crippen LogP contribution in [0.1, 0.15) is 24.8 Å². The van der Waals surface area contributed by atoms with Crippen LogP contribution in [0.3, 0.4) is 0 Å². The molecule has 1 aliphatic rings. The molecule has 1 aromatic carbocycles. The fourth-order valence-electron chi connectivity index (χ4n) is 3.25. The second-order valence-corrected chi connectivity index (χ2v) is 7.01.